The molecule has 2 aromatic carbocycles. The Morgan fingerprint density at radius 3 is 2.35 bits per heavy atom. The molecule has 0 saturated heterocycles. The van der Waals surface area contributed by atoms with E-state index in [1.54, 1.807) is 36.4 Å². The van der Waals surface area contributed by atoms with Gasteiger partial charge >= 0.3 is 0 Å². The molecule has 0 heterocycles. The highest BCUT2D eigenvalue weighted by Crippen LogP contribution is 2.28. The van der Waals surface area contributed by atoms with Gasteiger partial charge in [-0.3, -0.25) is 4.72 Å². The first-order valence-electron chi connectivity index (χ1n) is 5.85. The molecule has 0 saturated carbocycles. The van der Waals surface area contributed by atoms with Crippen LogP contribution in [0.5, 0.6) is 0 Å². The molecule has 0 fully saturated rings. The molecule has 0 bridgehead atoms. The zero-order valence-corrected chi connectivity index (χ0v) is 14.1. The molecule has 0 unspecified atom stereocenters. The van der Waals surface area contributed by atoms with E-state index < -0.39 is 10.0 Å². The predicted molar refractivity (Wildman–Crippen MR) is 85.9 cm³/mol. The van der Waals surface area contributed by atoms with Crippen molar-refractivity contribution >= 4 is 43.2 Å². The summed E-state index contributed by atoms with van der Waals surface area (Å²) < 4.78 is 27.8. The summed E-state index contributed by atoms with van der Waals surface area (Å²) in [6.07, 6.45) is 0. The van der Waals surface area contributed by atoms with Crippen LogP contribution in [0.15, 0.2) is 45.8 Å². The maximum atomic E-state index is 12.3. The number of benzene rings is 2. The van der Waals surface area contributed by atoms with Gasteiger partial charge in [0.05, 0.1) is 10.6 Å². The highest BCUT2D eigenvalue weighted by Gasteiger charge is 2.16. The summed E-state index contributed by atoms with van der Waals surface area (Å²) in [6, 6.07) is 9.92. The van der Waals surface area contributed by atoms with Gasteiger partial charge in [0.2, 0.25) is 0 Å². The number of nitrogens with one attached hydrogen (secondary N) is 1. The molecule has 3 nitrogen and oxygen atoms in total. The van der Waals surface area contributed by atoms with Crippen LogP contribution in [0.4, 0.5) is 5.69 Å². The molecule has 106 valence electrons. The average molecular weight is 375 g/mol. The van der Waals surface area contributed by atoms with E-state index in [2.05, 4.69) is 20.7 Å². The van der Waals surface area contributed by atoms with Gasteiger partial charge in [0.15, 0.2) is 0 Å². The Morgan fingerprint density at radius 2 is 1.75 bits per heavy atom. The van der Waals surface area contributed by atoms with Crippen LogP contribution in [-0.4, -0.2) is 8.42 Å². The number of anilines is 1. The lowest BCUT2D eigenvalue weighted by Gasteiger charge is -2.11. The third-order valence-electron chi connectivity index (χ3n) is 2.96. The van der Waals surface area contributed by atoms with E-state index >= 15 is 0 Å². The SMILES string of the molecule is Cc1ccc(S(=O)(=O)Nc2ccc(Cl)cc2Br)cc1C. The van der Waals surface area contributed by atoms with Crippen LogP contribution in [0.1, 0.15) is 11.1 Å². The van der Waals surface area contributed by atoms with Gasteiger partial charge in [0, 0.05) is 9.50 Å². The van der Waals surface area contributed by atoms with Gasteiger partial charge in [-0.15, -0.1) is 0 Å². The minimum absolute atomic E-state index is 0.238. The number of hydrogen-bond acceptors (Lipinski definition) is 2. The minimum atomic E-state index is -3.61. The second-order valence-electron chi connectivity index (χ2n) is 4.48. The van der Waals surface area contributed by atoms with E-state index in [9.17, 15) is 8.42 Å². The molecular formula is C14H13BrClNO2S. The first-order chi connectivity index (χ1) is 9.29. The summed E-state index contributed by atoms with van der Waals surface area (Å²) in [7, 11) is -3.61. The number of rotatable bonds is 3. The summed E-state index contributed by atoms with van der Waals surface area (Å²) in [5.41, 5.74) is 2.44. The van der Waals surface area contributed by atoms with E-state index in [1.165, 1.54) is 0 Å². The van der Waals surface area contributed by atoms with Crippen LogP contribution in [-0.2, 0) is 10.0 Å². The van der Waals surface area contributed by atoms with Crippen LogP contribution >= 0.6 is 27.5 Å². The normalized spacial score (nSPS) is 11.4. The fourth-order valence-electron chi connectivity index (χ4n) is 1.66. The molecule has 0 aliphatic rings. The summed E-state index contributed by atoms with van der Waals surface area (Å²) in [6.45, 7) is 3.82. The maximum Gasteiger partial charge on any atom is 0.261 e. The van der Waals surface area contributed by atoms with E-state index in [0.717, 1.165) is 11.1 Å². The highest BCUT2D eigenvalue weighted by atomic mass is 79.9. The van der Waals surface area contributed by atoms with Crippen LogP contribution in [0.3, 0.4) is 0 Å². The first-order valence-corrected chi connectivity index (χ1v) is 8.50. The Balaban J connectivity index is 2.38. The second-order valence-corrected chi connectivity index (χ2v) is 7.45. The molecule has 0 aliphatic carbocycles. The lowest BCUT2D eigenvalue weighted by molar-refractivity contribution is 0.601. The monoisotopic (exact) mass is 373 g/mol. The molecule has 0 atom stereocenters. The zero-order valence-electron chi connectivity index (χ0n) is 10.9. The lowest BCUT2D eigenvalue weighted by Crippen LogP contribution is -2.13. The zero-order chi connectivity index (χ0) is 14.9. The Labute approximate surface area is 132 Å². The van der Waals surface area contributed by atoms with Crippen molar-refractivity contribution in [1.29, 1.82) is 0 Å². The van der Waals surface area contributed by atoms with Crippen molar-refractivity contribution in [3.63, 3.8) is 0 Å². The van der Waals surface area contributed by atoms with Crippen molar-refractivity contribution < 1.29 is 8.42 Å². The lowest BCUT2D eigenvalue weighted by atomic mass is 10.1. The van der Waals surface area contributed by atoms with Crippen molar-refractivity contribution in [3.05, 3.63) is 57.0 Å². The Morgan fingerprint density at radius 1 is 1.05 bits per heavy atom. The number of halogens is 2. The molecule has 0 aliphatic heterocycles. The highest BCUT2D eigenvalue weighted by molar-refractivity contribution is 9.10. The van der Waals surface area contributed by atoms with Crippen LogP contribution in [0, 0.1) is 13.8 Å². The summed E-state index contributed by atoms with van der Waals surface area (Å²) in [5.74, 6) is 0. The quantitative estimate of drug-likeness (QED) is 0.858. The number of aryl methyl sites for hydroxylation is 2. The van der Waals surface area contributed by atoms with E-state index in [-0.39, 0.29) is 4.90 Å². The third kappa shape index (κ3) is 3.34. The van der Waals surface area contributed by atoms with Gasteiger partial charge in [0.25, 0.3) is 10.0 Å². The predicted octanol–water partition coefficient (Wildman–Crippen LogP) is 4.52. The van der Waals surface area contributed by atoms with E-state index in [1.807, 2.05) is 13.8 Å². The van der Waals surface area contributed by atoms with E-state index in [0.29, 0.717) is 15.2 Å². The summed E-state index contributed by atoms with van der Waals surface area (Å²) >= 11 is 9.12. The Hall–Kier alpha value is -1.04. The number of sulfonamides is 1. The van der Waals surface area contributed by atoms with Gasteiger partial charge in [-0.2, -0.15) is 0 Å². The molecule has 2 rings (SSSR count). The summed E-state index contributed by atoms with van der Waals surface area (Å²) in [5, 5.41) is 0.533. The molecule has 0 amide bonds. The van der Waals surface area contributed by atoms with Gasteiger partial charge < -0.3 is 0 Å². The second kappa shape index (κ2) is 5.76. The molecule has 1 N–H and O–H groups in total. The van der Waals surface area contributed by atoms with Crippen LogP contribution in [0.2, 0.25) is 5.02 Å². The Bertz CT molecular complexity index is 760. The molecular weight excluding hydrogens is 362 g/mol. The fraction of sp³-hybridized carbons (Fsp3) is 0.143. The number of hydrogen-bond donors (Lipinski definition) is 1. The van der Waals surface area contributed by atoms with Crippen molar-refractivity contribution in [2.75, 3.05) is 4.72 Å². The smallest absolute Gasteiger partial charge is 0.261 e. The fourth-order valence-corrected chi connectivity index (χ4v) is 3.73. The molecule has 6 heteroatoms. The van der Waals surface area contributed by atoms with Crippen molar-refractivity contribution in [1.82, 2.24) is 0 Å². The van der Waals surface area contributed by atoms with Gasteiger partial charge in [-0.1, -0.05) is 17.7 Å². The first kappa shape index (κ1) is 15.4. The van der Waals surface area contributed by atoms with Gasteiger partial charge in [0.1, 0.15) is 0 Å². The largest absolute Gasteiger partial charge is 0.278 e. The van der Waals surface area contributed by atoms with Gasteiger partial charge in [-0.05, 0) is 71.2 Å². The maximum absolute atomic E-state index is 12.3. The van der Waals surface area contributed by atoms with Crippen molar-refractivity contribution in [3.8, 4) is 0 Å². The standard InChI is InChI=1S/C14H13BrClNO2S/c1-9-3-5-12(7-10(9)2)20(18,19)17-14-6-4-11(16)8-13(14)15/h3-8,17H,1-2H3. The average Bonchev–Trinajstić information content (AvgIpc) is 2.36. The topological polar surface area (TPSA) is 46.2 Å². The molecule has 2 aromatic rings. The van der Waals surface area contributed by atoms with E-state index in [4.69, 9.17) is 11.6 Å². The molecule has 0 aromatic heterocycles. The molecule has 20 heavy (non-hydrogen) atoms. The summed E-state index contributed by atoms with van der Waals surface area (Å²) in [4.78, 5) is 0.238. The van der Waals surface area contributed by atoms with Crippen molar-refractivity contribution in [2.24, 2.45) is 0 Å². The van der Waals surface area contributed by atoms with Crippen molar-refractivity contribution in [2.45, 2.75) is 18.7 Å². The van der Waals surface area contributed by atoms with Gasteiger partial charge in [-0.25, -0.2) is 8.42 Å². The van der Waals surface area contributed by atoms with Crippen LogP contribution < -0.4 is 4.72 Å². The molecule has 0 radical (unpaired) electrons. The third-order valence-corrected chi connectivity index (χ3v) is 5.22. The molecule has 0 spiro atoms. The Kier molecular flexibility index (Phi) is 4.42. The van der Waals surface area contributed by atoms with Crippen LogP contribution in [0.25, 0.3) is 0 Å². The minimum Gasteiger partial charge on any atom is -0.278 e.